The molecule has 0 saturated carbocycles. The van der Waals surface area contributed by atoms with Crippen molar-refractivity contribution in [1.29, 1.82) is 0 Å². The zero-order valence-electron chi connectivity index (χ0n) is 17.9. The van der Waals surface area contributed by atoms with Gasteiger partial charge in [0.2, 0.25) is 5.91 Å². The normalized spacial score (nSPS) is 13.1. The molecule has 7 nitrogen and oxygen atoms in total. The van der Waals surface area contributed by atoms with Gasteiger partial charge in [0.25, 0.3) is 11.3 Å². The Balaban J connectivity index is 2.93. The molecule has 0 fully saturated rings. The second-order valence-corrected chi connectivity index (χ2v) is 8.35. The lowest BCUT2D eigenvalue weighted by molar-refractivity contribution is -0.121. The fourth-order valence-electron chi connectivity index (χ4n) is 2.91. The summed E-state index contributed by atoms with van der Waals surface area (Å²) >= 11 is 3.27. The number of hydrogen-bond acceptors (Lipinski definition) is 4. The second-order valence-electron chi connectivity index (χ2n) is 7.29. The van der Waals surface area contributed by atoms with E-state index in [-0.39, 0.29) is 24.4 Å². The molecule has 0 aliphatic carbocycles. The number of rotatable bonds is 12. The third kappa shape index (κ3) is 8.77. The molecule has 0 bridgehead atoms. The summed E-state index contributed by atoms with van der Waals surface area (Å²) in [6.07, 6.45) is 4.60. The number of ether oxygens (including phenoxy) is 1. The van der Waals surface area contributed by atoms with E-state index in [1.165, 1.54) is 18.5 Å². The number of amides is 1. The van der Waals surface area contributed by atoms with Crippen molar-refractivity contribution in [2.45, 2.75) is 71.9 Å². The number of methoxy groups -OCH3 is 1. The number of thiocarbonyl (C=S) groups is 1. The van der Waals surface area contributed by atoms with Crippen LogP contribution >= 0.6 is 12.2 Å². The highest BCUT2D eigenvalue weighted by molar-refractivity contribution is 7.81. The van der Waals surface area contributed by atoms with E-state index in [4.69, 9.17) is 17.0 Å². The SMILES string of the molecule is CCCCCC(C)NC(=O)Cc1ccc(OC)c(C(=S)N(NS(=O)O)C(C)C)c1. The monoisotopic (exact) mass is 443 g/mol. The van der Waals surface area contributed by atoms with Crippen molar-refractivity contribution in [3.8, 4) is 5.75 Å². The Hall–Kier alpha value is -1.55. The van der Waals surface area contributed by atoms with E-state index in [1.54, 1.807) is 12.1 Å². The first kappa shape index (κ1) is 25.5. The van der Waals surface area contributed by atoms with E-state index < -0.39 is 11.3 Å². The molecule has 1 aromatic rings. The molecule has 1 amide bonds. The predicted octanol–water partition coefficient (Wildman–Crippen LogP) is 3.35. The number of hydrogen-bond donors (Lipinski definition) is 3. The Bertz CT molecular complexity index is 713. The molecule has 0 aliphatic heterocycles. The number of nitrogens with zero attached hydrogens (tertiary/aromatic N) is 1. The van der Waals surface area contributed by atoms with Gasteiger partial charge < -0.3 is 10.1 Å². The third-order valence-electron chi connectivity index (χ3n) is 4.42. The Morgan fingerprint density at radius 2 is 2.00 bits per heavy atom. The van der Waals surface area contributed by atoms with E-state index in [0.717, 1.165) is 24.8 Å². The van der Waals surface area contributed by atoms with Crippen molar-refractivity contribution in [3.05, 3.63) is 29.3 Å². The highest BCUT2D eigenvalue weighted by Crippen LogP contribution is 2.23. The molecule has 2 atom stereocenters. The molecule has 0 radical (unpaired) electrons. The number of carbonyl (C=O) groups is 1. The average molecular weight is 444 g/mol. The highest BCUT2D eigenvalue weighted by Gasteiger charge is 2.21. The molecule has 9 heteroatoms. The smallest absolute Gasteiger partial charge is 0.250 e. The fraction of sp³-hybridized carbons (Fsp3) is 0.600. The maximum absolute atomic E-state index is 12.4. The summed E-state index contributed by atoms with van der Waals surface area (Å²) in [5, 5.41) is 4.47. The highest BCUT2D eigenvalue weighted by atomic mass is 32.2. The van der Waals surface area contributed by atoms with Crippen LogP contribution in [0.25, 0.3) is 0 Å². The fourth-order valence-corrected chi connectivity index (χ4v) is 3.86. The summed E-state index contributed by atoms with van der Waals surface area (Å²) in [6.45, 7) is 7.86. The van der Waals surface area contributed by atoms with Gasteiger partial charge in [-0.15, -0.1) is 4.83 Å². The Morgan fingerprint density at radius 1 is 1.31 bits per heavy atom. The van der Waals surface area contributed by atoms with Gasteiger partial charge in [0.1, 0.15) is 10.7 Å². The van der Waals surface area contributed by atoms with Gasteiger partial charge in [-0.1, -0.05) is 44.5 Å². The topological polar surface area (TPSA) is 90.9 Å². The molecule has 0 heterocycles. The second kappa shape index (κ2) is 12.9. The van der Waals surface area contributed by atoms with Crippen LogP contribution in [0.5, 0.6) is 5.75 Å². The van der Waals surface area contributed by atoms with Gasteiger partial charge in [-0.25, -0.2) is 4.21 Å². The summed E-state index contributed by atoms with van der Waals surface area (Å²) in [4.78, 5) is 15.1. The van der Waals surface area contributed by atoms with Gasteiger partial charge >= 0.3 is 0 Å². The van der Waals surface area contributed by atoms with Crippen molar-refractivity contribution in [2.24, 2.45) is 0 Å². The molecule has 0 spiro atoms. The Labute approximate surface area is 182 Å². The van der Waals surface area contributed by atoms with Crippen LogP contribution in [0.4, 0.5) is 0 Å². The van der Waals surface area contributed by atoms with Gasteiger partial charge in [0.05, 0.1) is 19.1 Å². The van der Waals surface area contributed by atoms with Crippen molar-refractivity contribution >= 4 is 34.4 Å². The number of hydrazine groups is 1. The maximum Gasteiger partial charge on any atom is 0.250 e. The van der Waals surface area contributed by atoms with E-state index in [2.05, 4.69) is 17.1 Å². The van der Waals surface area contributed by atoms with Crippen LogP contribution in [-0.2, 0) is 22.5 Å². The molecule has 29 heavy (non-hydrogen) atoms. The van der Waals surface area contributed by atoms with Crippen LogP contribution in [0, 0.1) is 0 Å². The van der Waals surface area contributed by atoms with Crippen LogP contribution in [-0.4, -0.2) is 43.9 Å². The molecule has 2 unspecified atom stereocenters. The summed E-state index contributed by atoms with van der Waals surface area (Å²) in [6, 6.07) is 5.33. The molecular weight excluding hydrogens is 410 g/mol. The minimum Gasteiger partial charge on any atom is -0.496 e. The van der Waals surface area contributed by atoms with Crippen molar-refractivity contribution in [2.75, 3.05) is 7.11 Å². The zero-order chi connectivity index (χ0) is 22.0. The summed E-state index contributed by atoms with van der Waals surface area (Å²) in [7, 11) is 1.53. The van der Waals surface area contributed by atoms with Crippen molar-refractivity contribution in [1.82, 2.24) is 15.2 Å². The minimum absolute atomic E-state index is 0.0497. The average Bonchev–Trinajstić information content (AvgIpc) is 2.65. The van der Waals surface area contributed by atoms with E-state index in [9.17, 15) is 13.6 Å². The molecule has 1 aromatic carbocycles. The molecular formula is C20H33N3O4S2. The lowest BCUT2D eigenvalue weighted by Crippen LogP contribution is -2.47. The van der Waals surface area contributed by atoms with E-state index in [0.29, 0.717) is 16.3 Å². The summed E-state index contributed by atoms with van der Waals surface area (Å²) < 4.78 is 25.8. The first-order valence-electron chi connectivity index (χ1n) is 9.86. The van der Waals surface area contributed by atoms with E-state index >= 15 is 0 Å². The third-order valence-corrected chi connectivity index (χ3v) is 5.19. The van der Waals surface area contributed by atoms with Gasteiger partial charge in [-0.3, -0.25) is 14.4 Å². The number of benzene rings is 1. The maximum atomic E-state index is 12.4. The van der Waals surface area contributed by atoms with Gasteiger partial charge in [0.15, 0.2) is 0 Å². The molecule has 0 saturated heterocycles. The Kier molecular flexibility index (Phi) is 11.3. The Morgan fingerprint density at radius 3 is 2.55 bits per heavy atom. The van der Waals surface area contributed by atoms with Crippen molar-refractivity contribution in [3.63, 3.8) is 0 Å². The van der Waals surface area contributed by atoms with Gasteiger partial charge in [0, 0.05) is 12.1 Å². The lowest BCUT2D eigenvalue weighted by Gasteiger charge is -2.28. The quantitative estimate of drug-likeness (QED) is 0.199. The largest absolute Gasteiger partial charge is 0.496 e. The molecule has 0 aromatic heterocycles. The lowest BCUT2D eigenvalue weighted by atomic mass is 10.0. The first-order valence-corrected chi connectivity index (χ1v) is 11.4. The zero-order valence-corrected chi connectivity index (χ0v) is 19.5. The van der Waals surface area contributed by atoms with Gasteiger partial charge in [-0.05, 0) is 44.9 Å². The number of unbranched alkanes of at least 4 members (excludes halogenated alkanes) is 2. The summed E-state index contributed by atoms with van der Waals surface area (Å²) in [5.41, 5.74) is 1.37. The molecule has 0 aliphatic rings. The van der Waals surface area contributed by atoms with Gasteiger partial charge in [-0.2, -0.15) is 0 Å². The van der Waals surface area contributed by atoms with Crippen LogP contribution in [0.3, 0.4) is 0 Å². The molecule has 3 N–H and O–H groups in total. The minimum atomic E-state index is -2.26. The number of carbonyl (C=O) groups excluding carboxylic acids is 1. The number of nitrogens with one attached hydrogen (secondary N) is 2. The molecule has 1 rings (SSSR count). The van der Waals surface area contributed by atoms with E-state index in [1.807, 2.05) is 26.8 Å². The standard InChI is InChI=1S/C20H33N3O4S2/c1-6-7-8-9-15(4)21-19(24)13-16-10-11-18(27-5)17(12-16)20(28)23(14(2)3)22-29(25)26/h10-12,14-15,22H,6-9,13H2,1-5H3,(H,21,24)(H,25,26). The van der Waals surface area contributed by atoms with Crippen LogP contribution in [0.2, 0.25) is 0 Å². The molecule has 164 valence electrons. The first-order chi connectivity index (χ1) is 13.7. The summed E-state index contributed by atoms with van der Waals surface area (Å²) in [5.74, 6) is 0.481. The van der Waals surface area contributed by atoms with Crippen LogP contribution < -0.4 is 14.9 Å². The van der Waals surface area contributed by atoms with Crippen LogP contribution in [0.1, 0.15) is 64.5 Å². The van der Waals surface area contributed by atoms with Crippen molar-refractivity contribution < 1.29 is 18.3 Å². The predicted molar refractivity (Wildman–Crippen MR) is 121 cm³/mol. The van der Waals surface area contributed by atoms with Crippen LogP contribution in [0.15, 0.2) is 18.2 Å².